The van der Waals surface area contributed by atoms with Crippen LogP contribution in [-0.4, -0.2) is 0 Å². The summed E-state index contributed by atoms with van der Waals surface area (Å²) < 4.78 is 0. The summed E-state index contributed by atoms with van der Waals surface area (Å²) in [6, 6.07) is 0. The molecule has 2 atom stereocenters. The van der Waals surface area contributed by atoms with Gasteiger partial charge in [0.15, 0.2) is 0 Å². The Labute approximate surface area is 94.5 Å². The lowest BCUT2D eigenvalue weighted by Gasteiger charge is -1.66. The largest absolute Gasteiger partial charge is 0.0683 e. The minimum absolute atomic E-state index is 1.05. The van der Waals surface area contributed by atoms with Gasteiger partial charge in [-0.05, 0) is 18.3 Å². The Bertz CT molecular complexity index is 42.0. The zero-order valence-electron chi connectivity index (χ0n) is 12.6. The number of hydrogen-bond donors (Lipinski definition) is 0. The van der Waals surface area contributed by atoms with Gasteiger partial charge < -0.3 is 0 Å². The summed E-state index contributed by atoms with van der Waals surface area (Å²) in [5.41, 5.74) is 0. The Morgan fingerprint density at radius 1 is 0.714 bits per heavy atom. The van der Waals surface area contributed by atoms with Crippen LogP contribution in [-0.2, 0) is 0 Å². The molecule has 0 N–H and O–H groups in total. The van der Waals surface area contributed by atoms with Crippen molar-refractivity contribution >= 4 is 0 Å². The van der Waals surface area contributed by atoms with Crippen LogP contribution in [0.1, 0.15) is 82.1 Å². The van der Waals surface area contributed by atoms with Crippen molar-refractivity contribution in [1.29, 1.82) is 0 Å². The highest BCUT2D eigenvalue weighted by molar-refractivity contribution is 4.76. The Morgan fingerprint density at radius 3 is 0.786 bits per heavy atom. The first-order valence-electron chi connectivity index (χ1n) is 6.72. The molecule has 0 heterocycles. The molecule has 14 heavy (non-hydrogen) atoms. The molecule has 0 aromatic heterocycles. The van der Waals surface area contributed by atoms with Gasteiger partial charge in [-0.3, -0.25) is 0 Å². The van der Waals surface area contributed by atoms with E-state index in [0.717, 1.165) is 11.8 Å². The van der Waals surface area contributed by atoms with E-state index in [2.05, 4.69) is 27.7 Å². The third-order valence-corrected chi connectivity index (χ3v) is 1.51. The number of hydrogen-bond acceptors (Lipinski definition) is 0. The molecule has 0 aliphatic heterocycles. The van der Waals surface area contributed by atoms with Crippen LogP contribution in [0.4, 0.5) is 0 Å². The fourth-order valence-electron chi connectivity index (χ4n) is 0.508. The molecule has 0 spiro atoms. The fourth-order valence-corrected chi connectivity index (χ4v) is 0.508. The van der Waals surface area contributed by atoms with Crippen molar-refractivity contribution in [3.8, 4) is 0 Å². The molecule has 0 saturated heterocycles. The van der Waals surface area contributed by atoms with Crippen LogP contribution in [0.3, 0.4) is 0 Å². The highest BCUT2D eigenvalue weighted by Crippen LogP contribution is 2.36. The average molecular weight is 204 g/mol. The minimum atomic E-state index is 1.05. The predicted octanol–water partition coefficient (Wildman–Crippen LogP) is 6.16. The molecule has 92 valence electrons. The molecule has 0 nitrogen and oxygen atoms in total. The molecule has 0 bridgehead atoms. The van der Waals surface area contributed by atoms with Crippen molar-refractivity contribution in [2.75, 3.05) is 0 Å². The summed E-state index contributed by atoms with van der Waals surface area (Å²) in [4.78, 5) is 0. The van der Waals surface area contributed by atoms with Gasteiger partial charge in [0.2, 0.25) is 0 Å². The maximum absolute atomic E-state index is 2.30. The van der Waals surface area contributed by atoms with Crippen LogP contribution < -0.4 is 0 Å². The molecule has 2 unspecified atom stereocenters. The van der Waals surface area contributed by atoms with Gasteiger partial charge >= 0.3 is 0 Å². The SMILES string of the molecule is CC.CC.CC.CC1CC1C.CCC. The molecule has 1 aliphatic rings. The lowest BCUT2D eigenvalue weighted by atomic mass is 10.4. The third kappa shape index (κ3) is 40.3. The topological polar surface area (TPSA) is 0 Å². The fraction of sp³-hybridized carbons (Fsp3) is 1.00. The van der Waals surface area contributed by atoms with Crippen molar-refractivity contribution < 1.29 is 0 Å². The summed E-state index contributed by atoms with van der Waals surface area (Å²) >= 11 is 0. The molecule has 0 aromatic carbocycles. The molecule has 1 fully saturated rings. The standard InChI is InChI=1S/C5H10.C3H8.3C2H6/c1-4-3-5(4)2;1-3-2;3*1-2/h4-5H,3H2,1-2H3;3H2,1-2H3;3*1-2H3. The smallest absolute Gasteiger partial charge is 0.0414 e. The van der Waals surface area contributed by atoms with Gasteiger partial charge in [0.05, 0.1) is 0 Å². The van der Waals surface area contributed by atoms with E-state index in [4.69, 9.17) is 0 Å². The normalized spacial score (nSPS) is 20.1. The van der Waals surface area contributed by atoms with Gasteiger partial charge in [-0.2, -0.15) is 0 Å². The Balaban J connectivity index is -0.0000000494. The molecule has 0 radical (unpaired) electrons. The van der Waals surface area contributed by atoms with E-state index in [1.807, 2.05) is 41.5 Å². The molecule has 1 rings (SSSR count). The zero-order valence-corrected chi connectivity index (χ0v) is 12.6. The molecule has 0 heteroatoms. The summed E-state index contributed by atoms with van der Waals surface area (Å²) in [6.07, 6.45) is 2.72. The second-order valence-corrected chi connectivity index (χ2v) is 2.90. The Hall–Kier alpha value is 0. The van der Waals surface area contributed by atoms with E-state index >= 15 is 0 Å². The Kier molecular flexibility index (Phi) is 49.4. The minimum Gasteiger partial charge on any atom is -0.0683 e. The molecule has 0 amide bonds. The summed E-state index contributed by atoms with van der Waals surface area (Å²) in [7, 11) is 0. The van der Waals surface area contributed by atoms with Crippen molar-refractivity contribution in [2.24, 2.45) is 11.8 Å². The van der Waals surface area contributed by atoms with Crippen molar-refractivity contribution in [3.63, 3.8) is 0 Å². The lowest BCUT2D eigenvalue weighted by Crippen LogP contribution is -1.58. The van der Waals surface area contributed by atoms with Gasteiger partial charge in [-0.15, -0.1) is 0 Å². The first-order valence-corrected chi connectivity index (χ1v) is 6.72. The first-order chi connectivity index (χ1) is 6.72. The monoisotopic (exact) mass is 204 g/mol. The highest BCUT2D eigenvalue weighted by Gasteiger charge is 2.26. The van der Waals surface area contributed by atoms with Crippen molar-refractivity contribution in [3.05, 3.63) is 0 Å². The van der Waals surface area contributed by atoms with Crippen molar-refractivity contribution in [1.82, 2.24) is 0 Å². The van der Waals surface area contributed by atoms with E-state index < -0.39 is 0 Å². The summed E-state index contributed by atoms with van der Waals surface area (Å²) in [5, 5.41) is 0. The van der Waals surface area contributed by atoms with Crippen LogP contribution in [0.25, 0.3) is 0 Å². The van der Waals surface area contributed by atoms with Crippen LogP contribution in [0, 0.1) is 11.8 Å². The molecule has 0 aromatic rings. The second-order valence-electron chi connectivity index (χ2n) is 2.90. The van der Waals surface area contributed by atoms with Gasteiger partial charge in [0.1, 0.15) is 0 Å². The quantitative estimate of drug-likeness (QED) is 0.443. The molecule has 1 aliphatic carbocycles. The Morgan fingerprint density at radius 2 is 0.786 bits per heavy atom. The molecule has 1 saturated carbocycles. The van der Waals surface area contributed by atoms with E-state index in [0.29, 0.717) is 0 Å². The van der Waals surface area contributed by atoms with Crippen LogP contribution in [0.15, 0.2) is 0 Å². The summed E-state index contributed by atoms with van der Waals surface area (Å²) in [6.45, 7) is 20.8. The van der Waals surface area contributed by atoms with Crippen LogP contribution in [0.2, 0.25) is 0 Å². The highest BCUT2D eigenvalue weighted by atomic mass is 14.3. The van der Waals surface area contributed by atoms with Gasteiger partial charge in [-0.25, -0.2) is 0 Å². The zero-order chi connectivity index (χ0) is 12.6. The van der Waals surface area contributed by atoms with E-state index in [1.165, 1.54) is 12.8 Å². The maximum Gasteiger partial charge on any atom is -0.0414 e. The molecular weight excluding hydrogens is 168 g/mol. The third-order valence-electron chi connectivity index (χ3n) is 1.51. The second kappa shape index (κ2) is 29.2. The van der Waals surface area contributed by atoms with Crippen LogP contribution in [0.5, 0.6) is 0 Å². The average Bonchev–Trinajstić information content (AvgIpc) is 2.90. The lowest BCUT2D eigenvalue weighted by molar-refractivity contribution is 0.834. The number of rotatable bonds is 0. The van der Waals surface area contributed by atoms with E-state index in [1.54, 1.807) is 0 Å². The van der Waals surface area contributed by atoms with E-state index in [-0.39, 0.29) is 0 Å². The predicted molar refractivity (Wildman–Crippen MR) is 73.0 cm³/mol. The van der Waals surface area contributed by atoms with Gasteiger partial charge in [0, 0.05) is 0 Å². The summed E-state index contributed by atoms with van der Waals surface area (Å²) in [5.74, 6) is 2.10. The maximum atomic E-state index is 2.30. The van der Waals surface area contributed by atoms with Crippen molar-refractivity contribution in [2.45, 2.75) is 82.1 Å². The van der Waals surface area contributed by atoms with Gasteiger partial charge in [0.25, 0.3) is 0 Å². The van der Waals surface area contributed by atoms with Crippen LogP contribution >= 0.6 is 0 Å². The van der Waals surface area contributed by atoms with E-state index in [9.17, 15) is 0 Å². The van der Waals surface area contributed by atoms with Gasteiger partial charge in [-0.1, -0.05) is 75.7 Å². The first kappa shape index (κ1) is 23.7. The molecular formula is C14H36.